The molecule has 1 aliphatic carbocycles. The van der Waals surface area contributed by atoms with Gasteiger partial charge in [0.15, 0.2) is 0 Å². The Morgan fingerprint density at radius 2 is 2.00 bits per heavy atom. The summed E-state index contributed by atoms with van der Waals surface area (Å²) < 4.78 is 36.0. The molecule has 1 heterocycles. The largest absolute Gasteiger partial charge is 0.480 e. The Hall–Kier alpha value is -1.47. The Bertz CT molecular complexity index is 414. The van der Waals surface area contributed by atoms with Gasteiger partial charge in [-0.3, -0.25) is 0 Å². The summed E-state index contributed by atoms with van der Waals surface area (Å²) in [4.78, 5) is 24.6. The molecular formula is C13H19F3N2O3. The predicted molar refractivity (Wildman–Crippen MR) is 67.6 cm³/mol. The zero-order chi connectivity index (χ0) is 15.6. The first-order valence-corrected chi connectivity index (χ1v) is 7.13. The topological polar surface area (TPSA) is 69.6 Å². The molecule has 2 fully saturated rings. The lowest BCUT2D eigenvalue weighted by Gasteiger charge is -2.24. The van der Waals surface area contributed by atoms with Crippen molar-refractivity contribution in [1.82, 2.24) is 10.2 Å². The second-order valence-electron chi connectivity index (χ2n) is 5.74. The first kappa shape index (κ1) is 15.9. The van der Waals surface area contributed by atoms with E-state index in [4.69, 9.17) is 0 Å². The van der Waals surface area contributed by atoms with E-state index in [0.717, 1.165) is 19.3 Å². The van der Waals surface area contributed by atoms with Crippen LogP contribution in [0.1, 0.15) is 32.1 Å². The van der Waals surface area contributed by atoms with Crippen LogP contribution in [-0.2, 0) is 4.79 Å². The number of rotatable bonds is 4. The van der Waals surface area contributed by atoms with Crippen LogP contribution in [-0.4, -0.2) is 47.3 Å². The third-order valence-electron chi connectivity index (χ3n) is 4.32. The number of aliphatic carboxylic acids is 1. The minimum absolute atomic E-state index is 0.0246. The van der Waals surface area contributed by atoms with Crippen molar-refractivity contribution in [2.24, 2.45) is 11.8 Å². The number of hydrogen-bond acceptors (Lipinski definition) is 2. The van der Waals surface area contributed by atoms with Crippen molar-refractivity contribution in [3.8, 4) is 0 Å². The minimum Gasteiger partial charge on any atom is -0.480 e. The number of carboxylic acids is 1. The van der Waals surface area contributed by atoms with Crippen LogP contribution >= 0.6 is 0 Å². The van der Waals surface area contributed by atoms with E-state index >= 15 is 0 Å². The van der Waals surface area contributed by atoms with Crippen molar-refractivity contribution in [2.75, 3.05) is 13.1 Å². The van der Waals surface area contributed by atoms with Crippen LogP contribution in [0.2, 0.25) is 0 Å². The monoisotopic (exact) mass is 308 g/mol. The summed E-state index contributed by atoms with van der Waals surface area (Å²) in [5, 5.41) is 11.7. The molecule has 21 heavy (non-hydrogen) atoms. The minimum atomic E-state index is -4.24. The zero-order valence-electron chi connectivity index (χ0n) is 11.5. The van der Waals surface area contributed by atoms with Gasteiger partial charge in [-0.1, -0.05) is 6.42 Å². The van der Waals surface area contributed by atoms with E-state index in [1.54, 1.807) is 0 Å². The number of alkyl halides is 3. The van der Waals surface area contributed by atoms with Crippen LogP contribution in [0.15, 0.2) is 0 Å². The number of likely N-dealkylation sites (tertiary alicyclic amines) is 1. The molecule has 1 aliphatic heterocycles. The van der Waals surface area contributed by atoms with Crippen LogP contribution in [0.25, 0.3) is 0 Å². The molecule has 2 N–H and O–H groups in total. The highest BCUT2D eigenvalue weighted by Gasteiger charge is 2.49. The Morgan fingerprint density at radius 1 is 1.29 bits per heavy atom. The van der Waals surface area contributed by atoms with Crippen LogP contribution in [0.4, 0.5) is 18.0 Å². The fourth-order valence-electron chi connectivity index (χ4n) is 3.42. The lowest BCUT2D eigenvalue weighted by molar-refractivity contribution is -0.142. The van der Waals surface area contributed by atoms with Gasteiger partial charge in [-0.2, -0.15) is 13.2 Å². The number of carbonyl (C=O) groups is 2. The van der Waals surface area contributed by atoms with Gasteiger partial charge in [0.2, 0.25) is 0 Å². The average molecular weight is 308 g/mol. The quantitative estimate of drug-likeness (QED) is 0.782. The van der Waals surface area contributed by atoms with Crippen molar-refractivity contribution in [3.05, 3.63) is 0 Å². The Kier molecular flexibility index (Phi) is 4.63. The zero-order valence-corrected chi connectivity index (χ0v) is 11.5. The number of hydrogen-bond donors (Lipinski definition) is 2. The van der Waals surface area contributed by atoms with E-state index in [0.29, 0.717) is 6.54 Å². The Labute approximate surface area is 120 Å². The summed E-state index contributed by atoms with van der Waals surface area (Å²) in [5.74, 6) is -0.856. The van der Waals surface area contributed by atoms with Gasteiger partial charge in [-0.15, -0.1) is 0 Å². The van der Waals surface area contributed by atoms with Crippen LogP contribution in [0.3, 0.4) is 0 Å². The molecule has 2 amide bonds. The second-order valence-corrected chi connectivity index (χ2v) is 5.74. The van der Waals surface area contributed by atoms with Crippen molar-refractivity contribution in [3.63, 3.8) is 0 Å². The fraction of sp³-hybridized carbons (Fsp3) is 0.846. The summed E-state index contributed by atoms with van der Waals surface area (Å²) >= 11 is 0. The van der Waals surface area contributed by atoms with Gasteiger partial charge in [0.1, 0.15) is 6.04 Å². The molecule has 120 valence electrons. The average Bonchev–Trinajstić information content (AvgIpc) is 2.91. The van der Waals surface area contributed by atoms with Gasteiger partial charge in [-0.05, 0) is 31.1 Å². The van der Waals surface area contributed by atoms with Gasteiger partial charge >= 0.3 is 18.2 Å². The molecule has 0 spiro atoms. The molecule has 0 bridgehead atoms. The molecule has 0 aromatic carbocycles. The molecule has 8 heteroatoms. The molecule has 3 atom stereocenters. The summed E-state index contributed by atoms with van der Waals surface area (Å²) in [5.41, 5.74) is 0. The van der Waals surface area contributed by atoms with E-state index in [-0.39, 0.29) is 24.8 Å². The number of urea groups is 1. The lowest BCUT2D eigenvalue weighted by atomic mass is 9.94. The lowest BCUT2D eigenvalue weighted by Crippen LogP contribution is -2.48. The Balaban J connectivity index is 1.85. The molecule has 0 aromatic heterocycles. The number of nitrogens with zero attached hydrogens (tertiary/aromatic N) is 1. The number of carboxylic acid groups (broad SMARTS) is 1. The van der Waals surface area contributed by atoms with Gasteiger partial charge in [0.05, 0.1) is 0 Å². The first-order chi connectivity index (χ1) is 9.79. The molecule has 1 saturated carbocycles. The highest BCUT2D eigenvalue weighted by atomic mass is 19.4. The Morgan fingerprint density at radius 3 is 2.62 bits per heavy atom. The smallest absolute Gasteiger partial charge is 0.389 e. The van der Waals surface area contributed by atoms with Crippen LogP contribution in [0.5, 0.6) is 0 Å². The summed E-state index contributed by atoms with van der Waals surface area (Å²) in [7, 11) is 0. The number of fused-ring (bicyclic) bond motifs is 1. The molecule has 1 saturated heterocycles. The molecular weight excluding hydrogens is 289 g/mol. The maximum Gasteiger partial charge on any atom is 0.389 e. The number of halogens is 3. The highest BCUT2D eigenvalue weighted by molar-refractivity contribution is 5.83. The maximum absolute atomic E-state index is 12.0. The van der Waals surface area contributed by atoms with E-state index < -0.39 is 30.6 Å². The first-order valence-electron chi connectivity index (χ1n) is 7.13. The molecule has 2 aliphatic rings. The number of carbonyl (C=O) groups excluding carboxylic acids is 1. The third kappa shape index (κ3) is 3.79. The maximum atomic E-state index is 12.0. The molecule has 0 aromatic rings. The normalized spacial score (nSPS) is 28.5. The van der Waals surface area contributed by atoms with E-state index in [9.17, 15) is 27.9 Å². The number of nitrogens with one attached hydrogen (secondary N) is 1. The van der Waals surface area contributed by atoms with E-state index in [2.05, 4.69) is 5.32 Å². The fourth-order valence-corrected chi connectivity index (χ4v) is 3.42. The van der Waals surface area contributed by atoms with Gasteiger partial charge in [0, 0.05) is 19.5 Å². The van der Waals surface area contributed by atoms with E-state index in [1.807, 2.05) is 0 Å². The van der Waals surface area contributed by atoms with Gasteiger partial charge in [0.25, 0.3) is 0 Å². The summed E-state index contributed by atoms with van der Waals surface area (Å²) in [6.45, 7) is 0.281. The molecule has 0 radical (unpaired) electrons. The molecule has 3 unspecified atom stereocenters. The van der Waals surface area contributed by atoms with Crippen molar-refractivity contribution >= 4 is 12.0 Å². The second kappa shape index (κ2) is 6.11. The van der Waals surface area contributed by atoms with Crippen LogP contribution < -0.4 is 5.32 Å². The van der Waals surface area contributed by atoms with Gasteiger partial charge < -0.3 is 15.3 Å². The molecule has 2 rings (SSSR count). The van der Waals surface area contributed by atoms with E-state index in [1.165, 1.54) is 4.90 Å². The van der Waals surface area contributed by atoms with Crippen molar-refractivity contribution in [1.29, 1.82) is 0 Å². The van der Waals surface area contributed by atoms with Crippen molar-refractivity contribution < 1.29 is 27.9 Å². The van der Waals surface area contributed by atoms with Crippen LogP contribution in [0, 0.1) is 11.8 Å². The molecule has 5 nitrogen and oxygen atoms in total. The van der Waals surface area contributed by atoms with Crippen molar-refractivity contribution in [2.45, 2.75) is 44.3 Å². The standard InChI is InChI=1S/C13H19F3N2O3/c14-13(15,16)5-2-6-17-12(21)18-7-8-3-1-4-9(8)10(18)11(19)20/h8-10H,1-7H2,(H,17,21)(H,19,20). The predicted octanol–water partition coefficient (Wildman–Crippen LogP) is 2.22. The summed E-state index contributed by atoms with van der Waals surface area (Å²) in [6.07, 6.45) is -2.72. The SMILES string of the molecule is O=C(O)C1C2CCCC2CN1C(=O)NCCCC(F)(F)F. The number of amides is 2. The highest BCUT2D eigenvalue weighted by Crippen LogP contribution is 2.42. The van der Waals surface area contributed by atoms with Gasteiger partial charge in [-0.25, -0.2) is 9.59 Å². The summed E-state index contributed by atoms with van der Waals surface area (Å²) in [6, 6.07) is -1.42. The third-order valence-corrected chi connectivity index (χ3v) is 4.32.